The van der Waals surface area contributed by atoms with Crippen LogP contribution in [0.2, 0.25) is 0 Å². The van der Waals surface area contributed by atoms with Crippen molar-refractivity contribution in [3.8, 4) is 0 Å². The van der Waals surface area contributed by atoms with E-state index in [-0.39, 0.29) is 0 Å². The topological polar surface area (TPSA) is 59.1 Å². The van der Waals surface area contributed by atoms with Crippen LogP contribution in [0.4, 0.5) is 5.82 Å². The Bertz CT molecular complexity index is 376. The van der Waals surface area contributed by atoms with Crippen molar-refractivity contribution in [2.75, 3.05) is 25.1 Å². The Balaban J connectivity index is 1.82. The first kappa shape index (κ1) is 9.99. The quantitative estimate of drug-likeness (QED) is 0.752. The molecule has 0 saturated carbocycles. The highest BCUT2D eigenvalue weighted by Crippen LogP contribution is 2.20. The lowest BCUT2D eigenvalue weighted by Gasteiger charge is -2.20. The van der Waals surface area contributed by atoms with E-state index < -0.39 is 0 Å². The molecule has 5 heteroatoms. The number of ether oxygens (including phenoxy) is 1. The van der Waals surface area contributed by atoms with Crippen molar-refractivity contribution in [2.45, 2.75) is 25.4 Å². The molecule has 0 aliphatic carbocycles. The van der Waals surface area contributed by atoms with Gasteiger partial charge in [0.15, 0.2) is 0 Å². The maximum Gasteiger partial charge on any atom is 0.134 e. The van der Waals surface area contributed by atoms with Gasteiger partial charge in [0, 0.05) is 31.7 Å². The van der Waals surface area contributed by atoms with Gasteiger partial charge >= 0.3 is 0 Å². The van der Waals surface area contributed by atoms with Gasteiger partial charge in [-0.1, -0.05) is 0 Å². The predicted molar refractivity (Wildman–Crippen MR) is 60.3 cm³/mol. The second-order valence-corrected chi connectivity index (χ2v) is 4.28. The summed E-state index contributed by atoms with van der Waals surface area (Å²) in [4.78, 5) is 8.67. The van der Waals surface area contributed by atoms with Gasteiger partial charge in [0.2, 0.25) is 0 Å². The molecule has 2 aliphatic heterocycles. The van der Waals surface area contributed by atoms with Gasteiger partial charge in [-0.2, -0.15) is 0 Å². The molecular weight excluding hydrogens is 204 g/mol. The minimum absolute atomic E-state index is 0.404. The lowest BCUT2D eigenvalue weighted by Crippen LogP contribution is -2.28. The van der Waals surface area contributed by atoms with Crippen molar-refractivity contribution in [3.05, 3.63) is 17.6 Å². The fourth-order valence-electron chi connectivity index (χ4n) is 2.24. The Hall–Kier alpha value is -1.20. The zero-order chi connectivity index (χ0) is 10.8. The Morgan fingerprint density at radius 1 is 1.44 bits per heavy atom. The van der Waals surface area contributed by atoms with Crippen LogP contribution in [0.25, 0.3) is 0 Å². The van der Waals surface area contributed by atoms with Crippen LogP contribution in [0, 0.1) is 0 Å². The molecule has 1 atom stereocenters. The summed E-state index contributed by atoms with van der Waals surface area (Å²) in [5.74, 6) is 0.979. The second kappa shape index (κ2) is 4.35. The molecule has 0 bridgehead atoms. The standard InChI is InChI=1S/C11H16N4O/c1-3-12-5-9-10(1)13-7-14-11(9)15-8-2-4-16-6-8/h7-8,12H,1-6H2,(H,13,14,15). The molecule has 0 aromatic carbocycles. The van der Waals surface area contributed by atoms with Crippen LogP contribution in [-0.2, 0) is 17.7 Å². The highest BCUT2D eigenvalue weighted by molar-refractivity contribution is 5.47. The summed E-state index contributed by atoms with van der Waals surface area (Å²) in [5.41, 5.74) is 2.40. The lowest BCUT2D eigenvalue weighted by atomic mass is 10.1. The van der Waals surface area contributed by atoms with Gasteiger partial charge in [-0.15, -0.1) is 0 Å². The normalized spacial score (nSPS) is 24.1. The number of nitrogens with zero attached hydrogens (tertiary/aromatic N) is 2. The summed E-state index contributed by atoms with van der Waals surface area (Å²) in [7, 11) is 0. The van der Waals surface area contributed by atoms with E-state index in [1.165, 1.54) is 11.3 Å². The van der Waals surface area contributed by atoms with Crippen LogP contribution in [0.15, 0.2) is 6.33 Å². The molecule has 0 spiro atoms. The first-order valence-electron chi connectivity index (χ1n) is 5.81. The summed E-state index contributed by atoms with van der Waals surface area (Å²) in [6, 6.07) is 0.404. The lowest BCUT2D eigenvalue weighted by molar-refractivity contribution is 0.195. The van der Waals surface area contributed by atoms with E-state index in [0.717, 1.165) is 45.0 Å². The molecule has 1 unspecified atom stereocenters. The van der Waals surface area contributed by atoms with Gasteiger partial charge in [-0.25, -0.2) is 9.97 Å². The van der Waals surface area contributed by atoms with E-state index in [0.29, 0.717) is 6.04 Å². The van der Waals surface area contributed by atoms with Crippen LogP contribution >= 0.6 is 0 Å². The zero-order valence-electron chi connectivity index (χ0n) is 9.20. The van der Waals surface area contributed by atoms with Gasteiger partial charge in [-0.3, -0.25) is 0 Å². The van der Waals surface area contributed by atoms with Crippen LogP contribution in [-0.4, -0.2) is 35.8 Å². The Kier molecular flexibility index (Phi) is 2.71. The van der Waals surface area contributed by atoms with Crippen molar-refractivity contribution >= 4 is 5.82 Å². The minimum Gasteiger partial charge on any atom is -0.379 e. The Morgan fingerprint density at radius 3 is 3.31 bits per heavy atom. The largest absolute Gasteiger partial charge is 0.379 e. The number of hydrogen-bond acceptors (Lipinski definition) is 5. The van der Waals surface area contributed by atoms with Crippen molar-refractivity contribution in [2.24, 2.45) is 0 Å². The smallest absolute Gasteiger partial charge is 0.134 e. The summed E-state index contributed by atoms with van der Waals surface area (Å²) in [6.07, 6.45) is 3.71. The number of nitrogens with one attached hydrogen (secondary N) is 2. The van der Waals surface area contributed by atoms with Crippen LogP contribution < -0.4 is 10.6 Å². The van der Waals surface area contributed by atoms with Gasteiger partial charge in [0.1, 0.15) is 12.1 Å². The number of aromatic nitrogens is 2. The zero-order valence-corrected chi connectivity index (χ0v) is 9.20. The molecule has 0 radical (unpaired) electrons. The first-order chi connectivity index (χ1) is 7.93. The van der Waals surface area contributed by atoms with Crippen molar-refractivity contribution in [1.82, 2.24) is 15.3 Å². The summed E-state index contributed by atoms with van der Waals surface area (Å²) in [6.45, 7) is 3.51. The molecule has 16 heavy (non-hydrogen) atoms. The fourth-order valence-corrected chi connectivity index (χ4v) is 2.24. The van der Waals surface area contributed by atoms with E-state index in [4.69, 9.17) is 4.74 Å². The van der Waals surface area contributed by atoms with Crippen molar-refractivity contribution in [3.63, 3.8) is 0 Å². The first-order valence-corrected chi connectivity index (χ1v) is 5.81. The average Bonchev–Trinajstić information content (AvgIpc) is 2.82. The third kappa shape index (κ3) is 1.88. The van der Waals surface area contributed by atoms with Gasteiger partial charge in [-0.05, 0) is 6.42 Å². The maximum absolute atomic E-state index is 5.35. The minimum atomic E-state index is 0.404. The molecular formula is C11H16N4O. The third-order valence-corrected chi connectivity index (χ3v) is 3.15. The molecule has 2 aliphatic rings. The van der Waals surface area contributed by atoms with Crippen LogP contribution in [0.1, 0.15) is 17.7 Å². The number of hydrogen-bond donors (Lipinski definition) is 2. The molecule has 5 nitrogen and oxygen atoms in total. The molecule has 2 N–H and O–H groups in total. The summed E-state index contributed by atoms with van der Waals surface area (Å²) in [5, 5.41) is 6.81. The fraction of sp³-hybridized carbons (Fsp3) is 0.636. The van der Waals surface area contributed by atoms with Crippen LogP contribution in [0.5, 0.6) is 0 Å². The molecule has 3 rings (SSSR count). The second-order valence-electron chi connectivity index (χ2n) is 4.28. The predicted octanol–water partition coefficient (Wildman–Crippen LogP) is 0.323. The molecule has 86 valence electrons. The molecule has 1 saturated heterocycles. The average molecular weight is 220 g/mol. The van der Waals surface area contributed by atoms with E-state index in [1.54, 1.807) is 6.33 Å². The van der Waals surface area contributed by atoms with E-state index in [9.17, 15) is 0 Å². The van der Waals surface area contributed by atoms with Crippen LogP contribution in [0.3, 0.4) is 0 Å². The van der Waals surface area contributed by atoms with Gasteiger partial charge in [0.25, 0.3) is 0 Å². The van der Waals surface area contributed by atoms with E-state index in [1.807, 2.05) is 0 Å². The number of rotatable bonds is 2. The highest BCUT2D eigenvalue weighted by Gasteiger charge is 2.20. The van der Waals surface area contributed by atoms with Crippen molar-refractivity contribution in [1.29, 1.82) is 0 Å². The molecule has 1 fully saturated rings. The molecule has 0 amide bonds. The summed E-state index contributed by atoms with van der Waals surface area (Å²) >= 11 is 0. The summed E-state index contributed by atoms with van der Waals surface area (Å²) < 4.78 is 5.35. The molecule has 1 aromatic heterocycles. The highest BCUT2D eigenvalue weighted by atomic mass is 16.5. The Labute approximate surface area is 94.6 Å². The number of anilines is 1. The van der Waals surface area contributed by atoms with Crippen molar-refractivity contribution < 1.29 is 4.74 Å². The Morgan fingerprint density at radius 2 is 2.44 bits per heavy atom. The monoisotopic (exact) mass is 220 g/mol. The van der Waals surface area contributed by atoms with E-state index in [2.05, 4.69) is 20.6 Å². The maximum atomic E-state index is 5.35. The van der Waals surface area contributed by atoms with Gasteiger partial charge in [0.05, 0.1) is 18.3 Å². The third-order valence-electron chi connectivity index (χ3n) is 3.15. The van der Waals surface area contributed by atoms with E-state index >= 15 is 0 Å². The molecule has 1 aromatic rings. The molecule has 3 heterocycles. The van der Waals surface area contributed by atoms with Gasteiger partial charge < -0.3 is 15.4 Å². The number of fused-ring (bicyclic) bond motifs is 1. The SMILES string of the molecule is c1nc2c(c(NC3CCOC3)n1)CNCC2.